The van der Waals surface area contributed by atoms with Crippen LogP contribution in [0.2, 0.25) is 0 Å². The molecule has 0 heterocycles. The van der Waals surface area contributed by atoms with E-state index in [-0.39, 0.29) is 19.8 Å². The Bertz CT molecular complexity index is 320. The fourth-order valence-corrected chi connectivity index (χ4v) is 1.22. The number of carboxylic acids is 1. The molecule has 1 atom stereocenters. The maximum absolute atomic E-state index is 11.8. The number of hydrogen-bond acceptors (Lipinski definition) is 5. The van der Waals surface area contributed by atoms with Gasteiger partial charge in [-0.15, -0.1) is 0 Å². The Labute approximate surface area is 111 Å². The highest BCUT2D eigenvalue weighted by Crippen LogP contribution is 1.94. The molecule has 0 aromatic heterocycles. The van der Waals surface area contributed by atoms with Gasteiger partial charge in [0.15, 0.2) is 0 Å². The molecule has 8 nitrogen and oxygen atoms in total. The third-order valence-electron chi connectivity index (χ3n) is 2.16. The Morgan fingerprint density at radius 1 is 1.37 bits per heavy atom. The van der Waals surface area contributed by atoms with Crippen LogP contribution in [0.25, 0.3) is 0 Å². The van der Waals surface area contributed by atoms with E-state index in [1.807, 2.05) is 0 Å². The van der Waals surface area contributed by atoms with Crippen molar-refractivity contribution in [3.63, 3.8) is 0 Å². The van der Waals surface area contributed by atoms with E-state index in [2.05, 4.69) is 5.32 Å². The molecule has 0 saturated carbocycles. The van der Waals surface area contributed by atoms with E-state index in [9.17, 15) is 14.4 Å². The zero-order valence-electron chi connectivity index (χ0n) is 11.3. The van der Waals surface area contributed by atoms with Gasteiger partial charge in [-0.2, -0.15) is 0 Å². The average Bonchev–Trinajstić information content (AvgIpc) is 2.34. The average molecular weight is 276 g/mol. The summed E-state index contributed by atoms with van der Waals surface area (Å²) in [4.78, 5) is 34.8. The molecule has 0 radical (unpaired) electrons. The lowest BCUT2D eigenvalue weighted by molar-refractivity contribution is -0.144. The van der Waals surface area contributed by atoms with Crippen LogP contribution in [-0.2, 0) is 19.1 Å². The molecule has 0 aliphatic rings. The second-order valence-electron chi connectivity index (χ2n) is 3.73. The Morgan fingerprint density at radius 3 is 2.47 bits per heavy atom. The van der Waals surface area contributed by atoms with Crippen molar-refractivity contribution in [3.8, 4) is 0 Å². The van der Waals surface area contributed by atoms with Crippen molar-refractivity contribution in [2.45, 2.75) is 19.9 Å². The van der Waals surface area contributed by atoms with Crippen LogP contribution in [0.3, 0.4) is 0 Å². The van der Waals surface area contributed by atoms with E-state index >= 15 is 0 Å². The van der Waals surface area contributed by atoms with Crippen molar-refractivity contribution in [1.29, 1.82) is 0 Å². The predicted molar refractivity (Wildman–Crippen MR) is 65.7 cm³/mol. The molecule has 0 rings (SSSR count). The Kier molecular flexibility index (Phi) is 8.27. The summed E-state index contributed by atoms with van der Waals surface area (Å²) in [5.74, 6) is -1.71. The summed E-state index contributed by atoms with van der Waals surface area (Å²) in [6, 6.07) is -1.49. The lowest BCUT2D eigenvalue weighted by atomic mass is 10.3. The highest BCUT2D eigenvalue weighted by atomic mass is 16.5. The van der Waals surface area contributed by atoms with Gasteiger partial charge in [0.05, 0.1) is 13.2 Å². The molecule has 0 bridgehead atoms. The Hall–Kier alpha value is -1.83. The number of hydrogen-bond donors (Lipinski definition) is 2. The molecule has 110 valence electrons. The topological polar surface area (TPSA) is 105 Å². The van der Waals surface area contributed by atoms with Crippen molar-refractivity contribution in [2.24, 2.45) is 0 Å². The van der Waals surface area contributed by atoms with Crippen molar-refractivity contribution in [2.75, 3.05) is 33.4 Å². The van der Waals surface area contributed by atoms with Crippen LogP contribution in [0.4, 0.5) is 4.79 Å². The maximum Gasteiger partial charge on any atom is 0.328 e. The summed E-state index contributed by atoms with van der Waals surface area (Å²) < 4.78 is 9.52. The number of methoxy groups -OCH3 is 1. The van der Waals surface area contributed by atoms with Gasteiger partial charge in [0.2, 0.25) is 0 Å². The van der Waals surface area contributed by atoms with Crippen LogP contribution >= 0.6 is 0 Å². The number of nitrogens with one attached hydrogen (secondary N) is 1. The van der Waals surface area contributed by atoms with Gasteiger partial charge < -0.3 is 24.8 Å². The van der Waals surface area contributed by atoms with Crippen LogP contribution in [0.5, 0.6) is 0 Å². The molecule has 0 aliphatic heterocycles. The number of urea groups is 1. The zero-order valence-corrected chi connectivity index (χ0v) is 11.3. The lowest BCUT2D eigenvalue weighted by Crippen LogP contribution is -2.49. The van der Waals surface area contributed by atoms with Crippen LogP contribution in [0.1, 0.15) is 13.8 Å². The van der Waals surface area contributed by atoms with E-state index in [0.717, 1.165) is 4.90 Å². The van der Waals surface area contributed by atoms with Gasteiger partial charge >= 0.3 is 18.0 Å². The molecular weight excluding hydrogens is 256 g/mol. The number of carbonyl (C=O) groups excluding carboxylic acids is 2. The summed E-state index contributed by atoms with van der Waals surface area (Å²) in [7, 11) is 1.44. The van der Waals surface area contributed by atoms with E-state index in [0.29, 0.717) is 0 Å². The quantitative estimate of drug-likeness (QED) is 0.589. The maximum atomic E-state index is 11.8. The van der Waals surface area contributed by atoms with E-state index in [1.165, 1.54) is 14.0 Å². The van der Waals surface area contributed by atoms with E-state index in [1.54, 1.807) is 6.92 Å². The van der Waals surface area contributed by atoms with Crippen LogP contribution in [0.15, 0.2) is 0 Å². The van der Waals surface area contributed by atoms with Crippen LogP contribution < -0.4 is 5.32 Å². The Balaban J connectivity index is 4.44. The van der Waals surface area contributed by atoms with Crippen LogP contribution in [0, 0.1) is 0 Å². The highest BCUT2D eigenvalue weighted by molar-refractivity contribution is 5.85. The molecule has 1 unspecified atom stereocenters. The standard InChI is InChI=1S/C11H20N2O6/c1-4-19-10(16)8(2)12-11(17)13(5-6-18-3)7-9(14)15/h8H,4-7H2,1-3H3,(H,12,17)(H,14,15). The fourth-order valence-electron chi connectivity index (χ4n) is 1.22. The van der Waals surface area contributed by atoms with Gasteiger partial charge in [0, 0.05) is 13.7 Å². The monoisotopic (exact) mass is 276 g/mol. The molecule has 0 spiro atoms. The van der Waals surface area contributed by atoms with Gasteiger partial charge in [0.1, 0.15) is 12.6 Å². The van der Waals surface area contributed by atoms with Crippen molar-refractivity contribution in [1.82, 2.24) is 10.2 Å². The zero-order chi connectivity index (χ0) is 14.8. The number of amides is 2. The van der Waals surface area contributed by atoms with Crippen LogP contribution in [-0.4, -0.2) is 67.4 Å². The van der Waals surface area contributed by atoms with Gasteiger partial charge in [-0.05, 0) is 13.8 Å². The van der Waals surface area contributed by atoms with Gasteiger partial charge in [0.25, 0.3) is 0 Å². The highest BCUT2D eigenvalue weighted by Gasteiger charge is 2.22. The molecule has 0 fully saturated rings. The summed E-state index contributed by atoms with van der Waals surface area (Å²) in [5.41, 5.74) is 0. The SMILES string of the molecule is CCOC(=O)C(C)NC(=O)N(CCOC)CC(=O)O. The molecule has 8 heteroatoms. The molecule has 0 saturated heterocycles. The van der Waals surface area contributed by atoms with Gasteiger partial charge in [-0.25, -0.2) is 9.59 Å². The number of ether oxygens (including phenoxy) is 2. The molecule has 2 amide bonds. The fraction of sp³-hybridized carbons (Fsp3) is 0.727. The number of carboxylic acid groups (broad SMARTS) is 1. The summed E-state index contributed by atoms with van der Waals surface area (Å²) in [6.07, 6.45) is 0. The molecule has 19 heavy (non-hydrogen) atoms. The summed E-state index contributed by atoms with van der Waals surface area (Å²) in [6.45, 7) is 3.18. The predicted octanol–water partition coefficient (Wildman–Crippen LogP) is -0.319. The van der Waals surface area contributed by atoms with Crippen molar-refractivity contribution in [3.05, 3.63) is 0 Å². The number of rotatable bonds is 8. The molecule has 0 aliphatic carbocycles. The van der Waals surface area contributed by atoms with Crippen molar-refractivity contribution >= 4 is 18.0 Å². The minimum absolute atomic E-state index is 0.115. The molecular formula is C11H20N2O6. The minimum Gasteiger partial charge on any atom is -0.480 e. The van der Waals surface area contributed by atoms with E-state index < -0.39 is 30.6 Å². The van der Waals surface area contributed by atoms with Gasteiger partial charge in [-0.3, -0.25) is 4.79 Å². The summed E-state index contributed by atoms with van der Waals surface area (Å²) >= 11 is 0. The second-order valence-corrected chi connectivity index (χ2v) is 3.73. The number of nitrogens with zero attached hydrogens (tertiary/aromatic N) is 1. The largest absolute Gasteiger partial charge is 0.480 e. The normalized spacial score (nSPS) is 11.5. The minimum atomic E-state index is -1.14. The summed E-state index contributed by atoms with van der Waals surface area (Å²) in [5, 5.41) is 11.1. The second kappa shape index (κ2) is 9.15. The smallest absolute Gasteiger partial charge is 0.328 e. The molecule has 0 aromatic carbocycles. The Morgan fingerprint density at radius 2 is 2.00 bits per heavy atom. The first-order valence-corrected chi connectivity index (χ1v) is 5.85. The number of aliphatic carboxylic acids is 1. The first-order chi connectivity index (χ1) is 8.92. The first kappa shape index (κ1) is 17.2. The lowest BCUT2D eigenvalue weighted by Gasteiger charge is -2.22. The number of esters is 1. The third-order valence-corrected chi connectivity index (χ3v) is 2.16. The third kappa shape index (κ3) is 7.24. The first-order valence-electron chi connectivity index (χ1n) is 5.85. The number of carbonyl (C=O) groups is 3. The van der Waals surface area contributed by atoms with Crippen molar-refractivity contribution < 1.29 is 29.0 Å². The van der Waals surface area contributed by atoms with E-state index in [4.69, 9.17) is 14.6 Å². The molecule has 0 aromatic rings. The van der Waals surface area contributed by atoms with Gasteiger partial charge in [-0.1, -0.05) is 0 Å². The molecule has 2 N–H and O–H groups in total.